The van der Waals surface area contributed by atoms with Crippen LogP contribution in [0.1, 0.15) is 5.56 Å². The smallest absolute Gasteiger partial charge is 0.287 e. The second kappa shape index (κ2) is 7.89. The Bertz CT molecular complexity index is 873. The Hall–Kier alpha value is -2.71. The van der Waals surface area contributed by atoms with E-state index < -0.39 is 6.04 Å². The number of hydrogen-bond acceptors (Lipinski definition) is 7. The number of amidine groups is 1. The summed E-state index contributed by atoms with van der Waals surface area (Å²) in [6.07, 6.45) is 0.540. The summed E-state index contributed by atoms with van der Waals surface area (Å²) in [5, 5.41) is 12.4. The van der Waals surface area contributed by atoms with Gasteiger partial charge in [-0.2, -0.15) is 0 Å². The van der Waals surface area contributed by atoms with E-state index >= 15 is 0 Å². The molecule has 1 amide bonds. The molecule has 1 atom stereocenters. The molecule has 2 heterocycles. The van der Waals surface area contributed by atoms with Crippen molar-refractivity contribution in [3.05, 3.63) is 48.0 Å². The molecule has 0 saturated heterocycles. The maximum atomic E-state index is 12.6. The molecule has 140 valence electrons. The minimum atomic E-state index is -0.393. The second-order valence-electron chi connectivity index (χ2n) is 6.17. The third kappa shape index (κ3) is 4.01. The molecule has 4 rings (SSSR count). The van der Waals surface area contributed by atoms with Gasteiger partial charge in [-0.1, -0.05) is 30.3 Å². The second-order valence-corrected chi connectivity index (χ2v) is 7.02. The summed E-state index contributed by atoms with van der Waals surface area (Å²) in [4.78, 5) is 17.8. The Labute approximate surface area is 160 Å². The number of fused-ring (bicyclic) bond motifs is 2. The van der Waals surface area contributed by atoms with E-state index in [9.17, 15) is 9.90 Å². The molecule has 27 heavy (non-hydrogen) atoms. The SMILES string of the molecule is O=C(N[C@H](CO)Cc1ccccc1)C1=Nc2cc3c(cc2SN1)OCCO3. The predicted octanol–water partition coefficient (Wildman–Crippen LogP) is 1.82. The molecule has 2 aromatic carbocycles. The molecule has 0 unspecified atom stereocenters. The van der Waals surface area contributed by atoms with Gasteiger partial charge in [0.1, 0.15) is 13.2 Å². The lowest BCUT2D eigenvalue weighted by Crippen LogP contribution is -2.46. The quantitative estimate of drug-likeness (QED) is 0.680. The van der Waals surface area contributed by atoms with Gasteiger partial charge in [-0.05, 0) is 23.9 Å². The van der Waals surface area contributed by atoms with E-state index in [0.29, 0.717) is 36.8 Å². The number of carbonyl (C=O) groups is 1. The van der Waals surface area contributed by atoms with Crippen molar-refractivity contribution < 1.29 is 19.4 Å². The fourth-order valence-corrected chi connectivity index (χ4v) is 3.61. The molecule has 7 nitrogen and oxygen atoms in total. The van der Waals surface area contributed by atoms with Gasteiger partial charge in [0, 0.05) is 12.1 Å². The van der Waals surface area contributed by atoms with Gasteiger partial charge >= 0.3 is 0 Å². The van der Waals surface area contributed by atoms with Gasteiger partial charge in [0.2, 0.25) is 5.84 Å². The van der Waals surface area contributed by atoms with Crippen molar-refractivity contribution in [1.29, 1.82) is 0 Å². The summed E-state index contributed by atoms with van der Waals surface area (Å²) < 4.78 is 14.1. The molecule has 0 aliphatic carbocycles. The highest BCUT2D eigenvalue weighted by Crippen LogP contribution is 2.41. The van der Waals surface area contributed by atoms with Crippen molar-refractivity contribution in [1.82, 2.24) is 10.0 Å². The van der Waals surface area contributed by atoms with Gasteiger partial charge in [-0.15, -0.1) is 0 Å². The number of aliphatic hydroxyl groups excluding tert-OH is 1. The Morgan fingerprint density at radius 3 is 2.70 bits per heavy atom. The van der Waals surface area contributed by atoms with Gasteiger partial charge < -0.3 is 24.6 Å². The monoisotopic (exact) mass is 385 g/mol. The Morgan fingerprint density at radius 2 is 1.96 bits per heavy atom. The maximum absolute atomic E-state index is 12.6. The van der Waals surface area contributed by atoms with Crippen LogP contribution in [0.25, 0.3) is 0 Å². The van der Waals surface area contributed by atoms with Crippen LogP contribution >= 0.6 is 11.9 Å². The molecule has 8 heteroatoms. The first-order valence-corrected chi connectivity index (χ1v) is 9.45. The van der Waals surface area contributed by atoms with Crippen molar-refractivity contribution in [2.75, 3.05) is 19.8 Å². The highest BCUT2D eigenvalue weighted by molar-refractivity contribution is 7.98. The van der Waals surface area contributed by atoms with Gasteiger partial charge in [-0.25, -0.2) is 4.99 Å². The van der Waals surface area contributed by atoms with Crippen LogP contribution in [0.15, 0.2) is 52.4 Å². The Kier molecular flexibility index (Phi) is 5.17. The fraction of sp³-hybridized carbons (Fsp3) is 0.263. The first-order chi connectivity index (χ1) is 13.2. The minimum Gasteiger partial charge on any atom is -0.486 e. The minimum absolute atomic E-state index is 0.156. The fourth-order valence-electron chi connectivity index (χ4n) is 2.89. The summed E-state index contributed by atoms with van der Waals surface area (Å²) in [7, 11) is 0. The zero-order chi connectivity index (χ0) is 18.6. The van der Waals surface area contributed by atoms with Crippen molar-refractivity contribution in [2.45, 2.75) is 17.4 Å². The lowest BCUT2D eigenvalue weighted by Gasteiger charge is -2.23. The average molecular weight is 385 g/mol. The number of hydrogen-bond donors (Lipinski definition) is 3. The number of aliphatic hydroxyl groups is 1. The highest BCUT2D eigenvalue weighted by atomic mass is 32.2. The van der Waals surface area contributed by atoms with Gasteiger partial charge in [0.15, 0.2) is 11.5 Å². The summed E-state index contributed by atoms with van der Waals surface area (Å²) in [6.45, 7) is 0.854. The molecular formula is C19H19N3O4S. The van der Waals surface area contributed by atoms with Crippen LogP contribution in [0.2, 0.25) is 0 Å². The highest BCUT2D eigenvalue weighted by Gasteiger charge is 2.24. The molecule has 0 aromatic heterocycles. The topological polar surface area (TPSA) is 92.2 Å². The van der Waals surface area contributed by atoms with E-state index in [1.807, 2.05) is 36.4 Å². The van der Waals surface area contributed by atoms with Crippen LogP contribution in [-0.4, -0.2) is 42.7 Å². The number of rotatable bonds is 5. The number of aliphatic imine (C=N–C) groups is 1. The van der Waals surface area contributed by atoms with E-state index in [1.54, 1.807) is 6.07 Å². The van der Waals surface area contributed by atoms with Crippen molar-refractivity contribution in [3.8, 4) is 11.5 Å². The number of ether oxygens (including phenoxy) is 2. The Morgan fingerprint density at radius 1 is 1.22 bits per heavy atom. The third-order valence-corrected chi connectivity index (χ3v) is 5.05. The molecule has 2 aromatic rings. The van der Waals surface area contributed by atoms with Crippen LogP contribution in [0.5, 0.6) is 11.5 Å². The van der Waals surface area contributed by atoms with Crippen LogP contribution in [-0.2, 0) is 11.2 Å². The molecule has 2 aliphatic heterocycles. The number of amides is 1. The first kappa shape index (κ1) is 17.7. The largest absolute Gasteiger partial charge is 0.486 e. The molecule has 3 N–H and O–H groups in total. The zero-order valence-corrected chi connectivity index (χ0v) is 15.3. The van der Waals surface area contributed by atoms with Gasteiger partial charge in [-0.3, -0.25) is 4.79 Å². The van der Waals surface area contributed by atoms with Crippen LogP contribution < -0.4 is 19.5 Å². The predicted molar refractivity (Wildman–Crippen MR) is 103 cm³/mol. The third-order valence-electron chi connectivity index (χ3n) is 4.21. The zero-order valence-electron chi connectivity index (χ0n) is 14.5. The van der Waals surface area contributed by atoms with E-state index in [0.717, 1.165) is 10.5 Å². The lowest BCUT2D eigenvalue weighted by atomic mass is 10.1. The summed E-state index contributed by atoms with van der Waals surface area (Å²) in [5.41, 5.74) is 1.69. The number of carbonyl (C=O) groups excluding carboxylic acids is 1. The Balaban J connectivity index is 1.48. The molecule has 0 radical (unpaired) electrons. The molecule has 0 bridgehead atoms. The number of nitrogens with one attached hydrogen (secondary N) is 2. The molecule has 0 fully saturated rings. The molecule has 0 spiro atoms. The summed E-state index contributed by atoms with van der Waals surface area (Å²) >= 11 is 1.30. The summed E-state index contributed by atoms with van der Waals surface area (Å²) in [6, 6.07) is 12.9. The molecule has 0 saturated carbocycles. The molecular weight excluding hydrogens is 366 g/mol. The number of nitrogens with zero attached hydrogens (tertiary/aromatic N) is 1. The molecule has 2 aliphatic rings. The van der Waals surface area contributed by atoms with Crippen molar-refractivity contribution in [3.63, 3.8) is 0 Å². The van der Waals surface area contributed by atoms with E-state index in [4.69, 9.17) is 9.47 Å². The van der Waals surface area contributed by atoms with Gasteiger partial charge in [0.05, 0.1) is 23.2 Å². The average Bonchev–Trinajstić information content (AvgIpc) is 2.72. The van der Waals surface area contributed by atoms with Crippen molar-refractivity contribution in [2.24, 2.45) is 4.99 Å². The van der Waals surface area contributed by atoms with E-state index in [1.165, 1.54) is 11.9 Å². The van der Waals surface area contributed by atoms with E-state index in [-0.39, 0.29) is 18.3 Å². The normalized spacial score (nSPS) is 15.8. The van der Waals surface area contributed by atoms with Crippen LogP contribution in [0, 0.1) is 0 Å². The van der Waals surface area contributed by atoms with Gasteiger partial charge in [0.25, 0.3) is 5.91 Å². The maximum Gasteiger partial charge on any atom is 0.287 e. The number of benzene rings is 2. The lowest BCUT2D eigenvalue weighted by molar-refractivity contribution is -0.115. The van der Waals surface area contributed by atoms with Crippen LogP contribution in [0.3, 0.4) is 0 Å². The summed E-state index contributed by atoms with van der Waals surface area (Å²) in [5.74, 6) is 1.14. The van der Waals surface area contributed by atoms with Crippen molar-refractivity contribution >= 4 is 29.4 Å². The van der Waals surface area contributed by atoms with E-state index in [2.05, 4.69) is 15.0 Å². The van der Waals surface area contributed by atoms with Crippen LogP contribution in [0.4, 0.5) is 5.69 Å². The first-order valence-electron chi connectivity index (χ1n) is 8.64. The standard InChI is InChI=1S/C19H19N3O4S/c23-11-13(8-12-4-2-1-3-5-12)20-19(24)18-21-14-9-15-16(26-7-6-25-15)10-17(14)27-22-18/h1-5,9-10,13,23H,6-8,11H2,(H,20,24)(H,21,22)/t13-/m0/s1.